The van der Waals surface area contributed by atoms with Crippen molar-refractivity contribution >= 4 is 23.3 Å². The molecule has 1 aromatic heterocycles. The van der Waals surface area contributed by atoms with Crippen LogP contribution in [0.15, 0.2) is 47.3 Å². The van der Waals surface area contributed by atoms with E-state index in [1.807, 2.05) is 0 Å². The van der Waals surface area contributed by atoms with E-state index in [2.05, 4.69) is 16.7 Å². The van der Waals surface area contributed by atoms with E-state index < -0.39 is 29.5 Å². The number of nitrogens with zero attached hydrogens (tertiary/aromatic N) is 2. The van der Waals surface area contributed by atoms with Gasteiger partial charge in [-0.1, -0.05) is 18.2 Å². The summed E-state index contributed by atoms with van der Waals surface area (Å²) < 4.78 is 6.63. The molecule has 2 aliphatic rings. The maximum Gasteiger partial charge on any atom is 0.330 e. The standard InChI is InChI=1S/C25H26N4O5/c26-14-17(13-16-5-4-8-22(16)30)28-24(32)21-12-10-18-9-11-20(25(33)29(18)21)27-15-23(31)34-19-6-2-1-3-7-19/h1-3,6-7,9,11,16-17,21,27H,4-5,8,10,12-13,15H2,(H,28,32). The number of aromatic nitrogens is 1. The number of fused-ring (bicyclic) bond motifs is 1. The van der Waals surface area contributed by atoms with E-state index in [0.29, 0.717) is 37.1 Å². The molecule has 9 heteroatoms. The summed E-state index contributed by atoms with van der Waals surface area (Å²) in [5.74, 6) is -0.626. The Bertz CT molecular complexity index is 1180. The number of aryl methyl sites for hydroxylation is 1. The number of carbonyl (C=O) groups excluding carboxylic acids is 3. The van der Waals surface area contributed by atoms with E-state index in [9.17, 15) is 24.4 Å². The van der Waals surface area contributed by atoms with E-state index in [0.717, 1.165) is 12.8 Å². The predicted molar refractivity (Wildman–Crippen MR) is 123 cm³/mol. The number of nitrogens with one attached hydrogen (secondary N) is 2. The molecule has 1 aromatic carbocycles. The van der Waals surface area contributed by atoms with Crippen LogP contribution in [0.1, 0.15) is 43.8 Å². The molecule has 1 saturated carbocycles. The maximum atomic E-state index is 13.1. The van der Waals surface area contributed by atoms with Gasteiger partial charge < -0.3 is 15.4 Å². The molecule has 3 atom stereocenters. The predicted octanol–water partition coefficient (Wildman–Crippen LogP) is 2.12. The highest BCUT2D eigenvalue weighted by atomic mass is 16.5. The van der Waals surface area contributed by atoms with Crippen molar-refractivity contribution in [1.82, 2.24) is 9.88 Å². The molecule has 0 radical (unpaired) electrons. The van der Waals surface area contributed by atoms with E-state index in [-0.39, 0.29) is 23.9 Å². The van der Waals surface area contributed by atoms with Gasteiger partial charge in [0.2, 0.25) is 5.91 Å². The number of para-hydroxylation sites is 1. The summed E-state index contributed by atoms with van der Waals surface area (Å²) in [6, 6.07) is 12.5. The number of anilines is 1. The molecule has 1 aliphatic carbocycles. The lowest BCUT2D eigenvalue weighted by atomic mass is 9.98. The van der Waals surface area contributed by atoms with Gasteiger partial charge in [0.25, 0.3) is 5.56 Å². The molecule has 0 spiro atoms. The Labute approximate surface area is 196 Å². The van der Waals surface area contributed by atoms with Crippen LogP contribution in [0.5, 0.6) is 5.75 Å². The highest BCUT2D eigenvalue weighted by Crippen LogP contribution is 2.27. The highest BCUT2D eigenvalue weighted by Gasteiger charge is 2.33. The van der Waals surface area contributed by atoms with Gasteiger partial charge in [-0.3, -0.25) is 19.0 Å². The number of Topliss-reactive ketones (excluding diaryl/α,β-unsaturated/α-hetero) is 1. The summed E-state index contributed by atoms with van der Waals surface area (Å²) in [7, 11) is 0. The van der Waals surface area contributed by atoms with Gasteiger partial charge in [0.05, 0.1) is 6.07 Å². The second kappa shape index (κ2) is 10.3. The molecule has 2 N–H and O–H groups in total. The van der Waals surface area contributed by atoms with Crippen molar-refractivity contribution in [3.63, 3.8) is 0 Å². The van der Waals surface area contributed by atoms with E-state index in [1.165, 1.54) is 4.57 Å². The van der Waals surface area contributed by atoms with Crippen molar-refractivity contribution in [3.8, 4) is 11.8 Å². The van der Waals surface area contributed by atoms with Crippen LogP contribution in [0.25, 0.3) is 0 Å². The number of carbonyl (C=O) groups is 3. The van der Waals surface area contributed by atoms with Crippen LogP contribution in [-0.2, 0) is 20.8 Å². The van der Waals surface area contributed by atoms with Crippen molar-refractivity contribution in [3.05, 3.63) is 58.5 Å². The number of amides is 1. The fraction of sp³-hybridized carbons (Fsp3) is 0.400. The topological polar surface area (TPSA) is 130 Å². The number of rotatable bonds is 8. The van der Waals surface area contributed by atoms with Crippen LogP contribution >= 0.6 is 0 Å². The molecule has 2 aromatic rings. The van der Waals surface area contributed by atoms with Gasteiger partial charge in [0.1, 0.15) is 35.8 Å². The first kappa shape index (κ1) is 23.2. The number of hydrogen-bond acceptors (Lipinski definition) is 7. The summed E-state index contributed by atoms with van der Waals surface area (Å²) in [5.41, 5.74) is 0.478. The third-order valence-electron chi connectivity index (χ3n) is 6.31. The molecular weight excluding hydrogens is 436 g/mol. The number of benzene rings is 1. The molecular formula is C25H26N4O5. The second-order valence-corrected chi connectivity index (χ2v) is 8.59. The van der Waals surface area contributed by atoms with Gasteiger partial charge in [-0.25, -0.2) is 4.79 Å². The molecule has 34 heavy (non-hydrogen) atoms. The Kier molecular flexibility index (Phi) is 7.07. The number of esters is 1. The molecule has 4 rings (SSSR count). The van der Waals surface area contributed by atoms with Gasteiger partial charge in [-0.15, -0.1) is 0 Å². The van der Waals surface area contributed by atoms with Gasteiger partial charge in [0.15, 0.2) is 0 Å². The third kappa shape index (κ3) is 5.17. The maximum absolute atomic E-state index is 13.1. The lowest BCUT2D eigenvalue weighted by Crippen LogP contribution is -2.42. The molecule has 0 bridgehead atoms. The number of hydrogen-bond donors (Lipinski definition) is 2. The number of ketones is 1. The Morgan fingerprint density at radius 2 is 1.91 bits per heavy atom. The van der Waals surface area contributed by atoms with Crippen LogP contribution in [0.2, 0.25) is 0 Å². The van der Waals surface area contributed by atoms with Gasteiger partial charge >= 0.3 is 5.97 Å². The zero-order chi connectivity index (χ0) is 24.1. The third-order valence-corrected chi connectivity index (χ3v) is 6.31. The largest absolute Gasteiger partial charge is 0.425 e. The van der Waals surface area contributed by atoms with Crippen LogP contribution in [0, 0.1) is 17.2 Å². The lowest BCUT2D eigenvalue weighted by molar-refractivity contribution is -0.132. The summed E-state index contributed by atoms with van der Waals surface area (Å²) >= 11 is 0. The molecule has 0 saturated heterocycles. The summed E-state index contributed by atoms with van der Waals surface area (Å²) in [4.78, 5) is 50.1. The van der Waals surface area contributed by atoms with Gasteiger partial charge in [-0.05, 0) is 56.4 Å². The smallest absolute Gasteiger partial charge is 0.330 e. The Morgan fingerprint density at radius 1 is 1.12 bits per heavy atom. The van der Waals surface area contributed by atoms with Crippen LogP contribution in [0.4, 0.5) is 5.69 Å². The van der Waals surface area contributed by atoms with Crippen LogP contribution in [0.3, 0.4) is 0 Å². The average Bonchev–Trinajstić information content (AvgIpc) is 3.45. The quantitative estimate of drug-likeness (QED) is 0.454. The molecule has 1 fully saturated rings. The molecule has 3 unspecified atom stereocenters. The summed E-state index contributed by atoms with van der Waals surface area (Å²) in [6.45, 7) is -0.216. The molecule has 1 aliphatic heterocycles. The fourth-order valence-electron chi connectivity index (χ4n) is 4.59. The normalized spacial score (nSPS) is 19.7. The first-order valence-electron chi connectivity index (χ1n) is 11.4. The Hall–Kier alpha value is -3.93. The Morgan fingerprint density at radius 3 is 2.62 bits per heavy atom. The monoisotopic (exact) mass is 462 g/mol. The second-order valence-electron chi connectivity index (χ2n) is 8.59. The molecule has 1 amide bonds. The van der Waals surface area contributed by atoms with E-state index in [1.54, 1.807) is 42.5 Å². The average molecular weight is 463 g/mol. The SMILES string of the molecule is N#CC(CC1CCCC1=O)NC(=O)C1CCc2ccc(NCC(=O)Oc3ccccc3)c(=O)n21. The number of pyridine rings is 1. The van der Waals surface area contributed by atoms with Crippen LogP contribution < -0.4 is 20.9 Å². The fourth-order valence-corrected chi connectivity index (χ4v) is 4.59. The highest BCUT2D eigenvalue weighted by molar-refractivity contribution is 5.84. The number of nitriles is 1. The molecule has 9 nitrogen and oxygen atoms in total. The van der Waals surface area contributed by atoms with E-state index in [4.69, 9.17) is 4.74 Å². The zero-order valence-corrected chi connectivity index (χ0v) is 18.7. The minimum Gasteiger partial charge on any atom is -0.425 e. The summed E-state index contributed by atoms with van der Waals surface area (Å²) in [6.07, 6.45) is 3.34. The van der Waals surface area contributed by atoms with Crippen molar-refractivity contribution < 1.29 is 19.1 Å². The first-order chi connectivity index (χ1) is 16.5. The first-order valence-corrected chi connectivity index (χ1v) is 11.4. The van der Waals surface area contributed by atoms with Gasteiger partial charge in [-0.2, -0.15) is 5.26 Å². The number of ether oxygens (including phenoxy) is 1. The van der Waals surface area contributed by atoms with Crippen molar-refractivity contribution in [2.45, 2.75) is 50.6 Å². The lowest BCUT2D eigenvalue weighted by Gasteiger charge is -2.20. The summed E-state index contributed by atoms with van der Waals surface area (Å²) in [5, 5.41) is 15.0. The van der Waals surface area contributed by atoms with Crippen LogP contribution in [-0.4, -0.2) is 34.8 Å². The molecule has 2 heterocycles. The minimum absolute atomic E-state index is 0.137. The van der Waals surface area contributed by atoms with Crippen molar-refractivity contribution in [2.24, 2.45) is 5.92 Å². The zero-order valence-electron chi connectivity index (χ0n) is 18.7. The van der Waals surface area contributed by atoms with Gasteiger partial charge in [0, 0.05) is 18.0 Å². The van der Waals surface area contributed by atoms with E-state index >= 15 is 0 Å². The van der Waals surface area contributed by atoms with Crippen molar-refractivity contribution in [1.29, 1.82) is 5.26 Å². The minimum atomic E-state index is -0.784. The molecule has 176 valence electrons. The van der Waals surface area contributed by atoms with Crippen molar-refractivity contribution in [2.75, 3.05) is 11.9 Å². The Balaban J connectivity index is 1.41.